The van der Waals surface area contributed by atoms with Crippen LogP contribution in [-0.4, -0.2) is 29.5 Å². The summed E-state index contributed by atoms with van der Waals surface area (Å²) < 4.78 is 3.13. The Labute approximate surface area is 156 Å². The van der Waals surface area contributed by atoms with E-state index < -0.39 is 0 Å². The third-order valence-corrected chi connectivity index (χ3v) is 4.78. The molecule has 0 spiro atoms. The molecule has 0 fully saturated rings. The van der Waals surface area contributed by atoms with Crippen LogP contribution in [0.5, 0.6) is 5.75 Å². The van der Waals surface area contributed by atoms with E-state index in [0.717, 1.165) is 12.8 Å². The zero-order valence-electron chi connectivity index (χ0n) is 15.3. The van der Waals surface area contributed by atoms with Crippen molar-refractivity contribution in [2.24, 2.45) is 0 Å². The number of nitrogens with zero attached hydrogens (tertiary/aromatic N) is 5. The predicted molar refractivity (Wildman–Crippen MR) is 103 cm³/mol. The molecule has 0 atom stereocenters. The van der Waals surface area contributed by atoms with Gasteiger partial charge in [-0.1, -0.05) is 37.3 Å². The van der Waals surface area contributed by atoms with E-state index in [1.807, 2.05) is 13.8 Å². The van der Waals surface area contributed by atoms with Gasteiger partial charge in [0.25, 0.3) is 5.56 Å². The lowest BCUT2D eigenvalue weighted by Gasteiger charge is -2.09. The molecular weight excluding hydrogens is 342 g/mol. The van der Waals surface area contributed by atoms with E-state index in [1.165, 1.54) is 16.2 Å². The van der Waals surface area contributed by atoms with Crippen molar-refractivity contribution in [2.75, 3.05) is 0 Å². The van der Waals surface area contributed by atoms with Crippen molar-refractivity contribution in [3.63, 3.8) is 0 Å². The summed E-state index contributed by atoms with van der Waals surface area (Å²) in [4.78, 5) is 16.9. The first kappa shape index (κ1) is 17.2. The standard InChI is InChI=1S/C20H21N5O2/c1-13(2)16-10-21-19-18(26)15(8-9-25(19)20(16)27)17-12-24(23-22-17)11-14-6-4-3-5-7-14/h3-4,6,8-10,12-13,26H,5,7,11H2,1-2H3. The number of rotatable bonds is 4. The van der Waals surface area contributed by atoms with Crippen LogP contribution >= 0.6 is 0 Å². The maximum absolute atomic E-state index is 12.6. The van der Waals surface area contributed by atoms with Crippen LogP contribution in [0.1, 0.15) is 38.2 Å². The van der Waals surface area contributed by atoms with Crippen LogP contribution in [0.3, 0.4) is 0 Å². The van der Waals surface area contributed by atoms with E-state index >= 15 is 0 Å². The molecule has 0 saturated carbocycles. The Hall–Kier alpha value is -3.22. The first-order valence-corrected chi connectivity index (χ1v) is 9.03. The van der Waals surface area contributed by atoms with Gasteiger partial charge in [0, 0.05) is 18.0 Å². The highest BCUT2D eigenvalue weighted by molar-refractivity contribution is 5.74. The van der Waals surface area contributed by atoms with Gasteiger partial charge in [0.2, 0.25) is 0 Å². The van der Waals surface area contributed by atoms with Crippen molar-refractivity contribution in [3.8, 4) is 17.0 Å². The van der Waals surface area contributed by atoms with Crippen molar-refractivity contribution in [3.05, 3.63) is 64.4 Å². The SMILES string of the molecule is CC(C)c1cnc2c(O)c(-c3cn(CC4=CC=CCC4)nn3)ccn2c1=O. The molecule has 3 aromatic rings. The van der Waals surface area contributed by atoms with Gasteiger partial charge in [-0.25, -0.2) is 9.67 Å². The molecule has 7 heteroatoms. The molecule has 0 bridgehead atoms. The van der Waals surface area contributed by atoms with Crippen molar-refractivity contribution in [1.29, 1.82) is 0 Å². The normalized spacial score (nSPS) is 14.1. The molecule has 138 valence electrons. The summed E-state index contributed by atoms with van der Waals surface area (Å²) in [5.41, 5.74) is 2.99. The molecule has 27 heavy (non-hydrogen) atoms. The zero-order chi connectivity index (χ0) is 19.0. The molecule has 1 aliphatic rings. The highest BCUT2D eigenvalue weighted by atomic mass is 16.3. The van der Waals surface area contributed by atoms with Crippen LogP contribution in [0.15, 0.2) is 53.3 Å². The Morgan fingerprint density at radius 2 is 2.19 bits per heavy atom. The van der Waals surface area contributed by atoms with Gasteiger partial charge in [0.05, 0.1) is 18.3 Å². The van der Waals surface area contributed by atoms with Crippen LogP contribution in [0.25, 0.3) is 16.9 Å². The Balaban J connectivity index is 1.71. The minimum atomic E-state index is -0.169. The number of allylic oxidation sites excluding steroid dienone is 4. The topological polar surface area (TPSA) is 85.3 Å². The molecule has 1 aliphatic carbocycles. The largest absolute Gasteiger partial charge is 0.504 e. The van der Waals surface area contributed by atoms with Gasteiger partial charge < -0.3 is 5.11 Å². The summed E-state index contributed by atoms with van der Waals surface area (Å²) in [5, 5.41) is 19.0. The fourth-order valence-corrected chi connectivity index (χ4v) is 3.24. The lowest BCUT2D eigenvalue weighted by atomic mass is 10.1. The van der Waals surface area contributed by atoms with Gasteiger partial charge in [0.15, 0.2) is 11.4 Å². The summed E-state index contributed by atoms with van der Waals surface area (Å²) in [5.74, 6) is -0.00988. The van der Waals surface area contributed by atoms with Crippen LogP contribution in [-0.2, 0) is 6.54 Å². The third kappa shape index (κ3) is 3.16. The minimum absolute atomic E-state index is 0.0626. The number of pyridine rings is 1. The number of hydrogen-bond donors (Lipinski definition) is 1. The monoisotopic (exact) mass is 363 g/mol. The van der Waals surface area contributed by atoms with Crippen LogP contribution in [0.2, 0.25) is 0 Å². The number of aromatic hydroxyl groups is 1. The van der Waals surface area contributed by atoms with E-state index in [0.29, 0.717) is 23.4 Å². The van der Waals surface area contributed by atoms with Gasteiger partial charge in [-0.3, -0.25) is 9.20 Å². The number of hydrogen-bond acceptors (Lipinski definition) is 5. The molecule has 0 aromatic carbocycles. The summed E-state index contributed by atoms with van der Waals surface area (Å²) in [6.45, 7) is 4.55. The van der Waals surface area contributed by atoms with E-state index in [4.69, 9.17) is 0 Å². The second kappa shape index (κ2) is 6.83. The average molecular weight is 363 g/mol. The van der Waals surface area contributed by atoms with E-state index in [9.17, 15) is 9.90 Å². The van der Waals surface area contributed by atoms with E-state index in [1.54, 1.807) is 23.1 Å². The fraction of sp³-hybridized carbons (Fsp3) is 0.300. The summed E-state index contributed by atoms with van der Waals surface area (Å²) >= 11 is 0. The lowest BCUT2D eigenvalue weighted by Crippen LogP contribution is -2.20. The molecule has 0 saturated heterocycles. The van der Waals surface area contributed by atoms with Gasteiger partial charge in [-0.2, -0.15) is 0 Å². The van der Waals surface area contributed by atoms with Gasteiger partial charge in [-0.05, 0) is 30.4 Å². The maximum Gasteiger partial charge on any atom is 0.261 e. The van der Waals surface area contributed by atoms with Crippen LogP contribution < -0.4 is 5.56 Å². The fourth-order valence-electron chi connectivity index (χ4n) is 3.24. The Morgan fingerprint density at radius 3 is 2.93 bits per heavy atom. The molecule has 0 radical (unpaired) electrons. The smallest absolute Gasteiger partial charge is 0.261 e. The molecule has 7 nitrogen and oxygen atoms in total. The third-order valence-electron chi connectivity index (χ3n) is 4.78. The van der Waals surface area contributed by atoms with Gasteiger partial charge in [-0.15, -0.1) is 5.10 Å². The summed E-state index contributed by atoms with van der Waals surface area (Å²) in [7, 11) is 0. The van der Waals surface area contributed by atoms with E-state index in [-0.39, 0.29) is 22.9 Å². The van der Waals surface area contributed by atoms with Crippen molar-refractivity contribution in [2.45, 2.75) is 39.2 Å². The minimum Gasteiger partial charge on any atom is -0.504 e. The van der Waals surface area contributed by atoms with E-state index in [2.05, 4.69) is 33.5 Å². The average Bonchev–Trinajstić information content (AvgIpc) is 3.11. The second-order valence-electron chi connectivity index (χ2n) is 7.04. The highest BCUT2D eigenvalue weighted by Gasteiger charge is 2.16. The molecule has 4 rings (SSSR count). The molecule has 0 amide bonds. The molecule has 3 heterocycles. The first-order valence-electron chi connectivity index (χ1n) is 9.03. The van der Waals surface area contributed by atoms with Crippen LogP contribution in [0.4, 0.5) is 0 Å². The maximum atomic E-state index is 12.6. The molecule has 1 N–H and O–H groups in total. The molecule has 3 aromatic heterocycles. The number of fused-ring (bicyclic) bond motifs is 1. The summed E-state index contributed by atoms with van der Waals surface area (Å²) in [6.07, 6.45) is 13.3. The zero-order valence-corrected chi connectivity index (χ0v) is 15.3. The highest BCUT2D eigenvalue weighted by Crippen LogP contribution is 2.30. The number of aromatic nitrogens is 5. The predicted octanol–water partition coefficient (Wildman–Crippen LogP) is 3.06. The second-order valence-corrected chi connectivity index (χ2v) is 7.04. The van der Waals surface area contributed by atoms with Crippen molar-refractivity contribution in [1.82, 2.24) is 24.4 Å². The first-order chi connectivity index (χ1) is 13.0. The Morgan fingerprint density at radius 1 is 1.33 bits per heavy atom. The Bertz CT molecular complexity index is 1120. The van der Waals surface area contributed by atoms with Crippen LogP contribution in [0, 0.1) is 0 Å². The molecule has 0 unspecified atom stereocenters. The van der Waals surface area contributed by atoms with Gasteiger partial charge in [0.1, 0.15) is 5.69 Å². The molecular formula is C20H21N5O2. The van der Waals surface area contributed by atoms with Gasteiger partial charge >= 0.3 is 0 Å². The van der Waals surface area contributed by atoms with Crippen molar-refractivity contribution < 1.29 is 5.11 Å². The lowest BCUT2D eigenvalue weighted by molar-refractivity contribution is 0.478. The van der Waals surface area contributed by atoms with Crippen molar-refractivity contribution >= 4 is 5.65 Å². The Kier molecular flexibility index (Phi) is 4.35. The quantitative estimate of drug-likeness (QED) is 0.770. The summed E-state index contributed by atoms with van der Waals surface area (Å²) in [6, 6.07) is 1.67. The molecule has 0 aliphatic heterocycles.